The van der Waals surface area contributed by atoms with Gasteiger partial charge in [0.2, 0.25) is 0 Å². The van der Waals surface area contributed by atoms with Crippen LogP contribution in [-0.4, -0.2) is 27.1 Å². The molecule has 114 valence electrons. The lowest BCUT2D eigenvalue weighted by atomic mass is 9.96. The predicted molar refractivity (Wildman–Crippen MR) is 83.9 cm³/mol. The molecule has 2 N–H and O–H groups in total. The third-order valence-corrected chi connectivity index (χ3v) is 4.02. The molecule has 0 radical (unpaired) electrons. The Morgan fingerprint density at radius 2 is 1.95 bits per heavy atom. The third-order valence-electron chi connectivity index (χ3n) is 4.02. The van der Waals surface area contributed by atoms with Crippen molar-refractivity contribution in [3.63, 3.8) is 0 Å². The predicted octanol–water partition coefficient (Wildman–Crippen LogP) is 2.46. The molecule has 5 nitrogen and oxygen atoms in total. The number of fused-ring (bicyclic) bond motifs is 1. The molecule has 1 aliphatic rings. The molecule has 1 unspecified atom stereocenters. The van der Waals surface area contributed by atoms with E-state index in [1.165, 1.54) is 6.33 Å². The number of nitrogens with one attached hydrogen (secondary N) is 1. The van der Waals surface area contributed by atoms with Crippen LogP contribution in [0.3, 0.4) is 0 Å². The fourth-order valence-electron chi connectivity index (χ4n) is 2.86. The van der Waals surface area contributed by atoms with E-state index in [-0.39, 0.29) is 0 Å². The molecular formula is C17H19N3O2. The van der Waals surface area contributed by atoms with Crippen LogP contribution >= 0.6 is 0 Å². The van der Waals surface area contributed by atoms with E-state index in [0.29, 0.717) is 12.2 Å². The number of benzene rings is 1. The van der Waals surface area contributed by atoms with E-state index >= 15 is 0 Å². The Morgan fingerprint density at radius 3 is 2.73 bits per heavy atom. The molecule has 2 aromatic rings. The van der Waals surface area contributed by atoms with Crippen LogP contribution in [0, 0.1) is 0 Å². The maximum absolute atomic E-state index is 11.6. The number of anilines is 1. The summed E-state index contributed by atoms with van der Waals surface area (Å²) < 4.78 is 0. The van der Waals surface area contributed by atoms with Gasteiger partial charge in [-0.2, -0.15) is 0 Å². The number of carboxylic acid groups (broad SMARTS) is 1. The molecule has 1 aromatic carbocycles. The number of hydrogen-bond donors (Lipinski definition) is 2. The van der Waals surface area contributed by atoms with Crippen LogP contribution in [0.25, 0.3) is 0 Å². The number of aliphatic carboxylic acids is 1. The number of carboxylic acids is 1. The highest BCUT2D eigenvalue weighted by Crippen LogP contribution is 2.25. The van der Waals surface area contributed by atoms with Crippen LogP contribution in [-0.2, 0) is 24.1 Å². The zero-order valence-corrected chi connectivity index (χ0v) is 12.3. The molecule has 0 amide bonds. The summed E-state index contributed by atoms with van der Waals surface area (Å²) in [5.74, 6) is -0.194. The van der Waals surface area contributed by atoms with Gasteiger partial charge in [-0.05, 0) is 31.2 Å². The lowest BCUT2D eigenvalue weighted by Gasteiger charge is -2.21. The van der Waals surface area contributed by atoms with Crippen LogP contribution in [0.2, 0.25) is 0 Å². The maximum atomic E-state index is 11.6. The highest BCUT2D eigenvalue weighted by Gasteiger charge is 2.22. The van der Waals surface area contributed by atoms with E-state index in [0.717, 1.165) is 42.5 Å². The van der Waals surface area contributed by atoms with Gasteiger partial charge in [0.05, 0.1) is 0 Å². The van der Waals surface area contributed by atoms with E-state index in [9.17, 15) is 9.90 Å². The van der Waals surface area contributed by atoms with E-state index in [1.807, 2.05) is 30.3 Å². The SMILES string of the molecule is O=C(O)C(Cc1ccccc1)Nc1ncnc2c1CCCC2. The topological polar surface area (TPSA) is 75.1 Å². The van der Waals surface area contributed by atoms with Crippen LogP contribution < -0.4 is 5.32 Å². The summed E-state index contributed by atoms with van der Waals surface area (Å²) in [6, 6.07) is 8.94. The Morgan fingerprint density at radius 1 is 1.18 bits per heavy atom. The Labute approximate surface area is 129 Å². The van der Waals surface area contributed by atoms with Crippen molar-refractivity contribution in [1.82, 2.24) is 9.97 Å². The molecule has 1 aliphatic carbocycles. The molecule has 0 aliphatic heterocycles. The highest BCUT2D eigenvalue weighted by atomic mass is 16.4. The number of aryl methyl sites for hydroxylation is 1. The van der Waals surface area contributed by atoms with Gasteiger partial charge in [-0.1, -0.05) is 30.3 Å². The number of aromatic nitrogens is 2. The molecule has 1 heterocycles. The van der Waals surface area contributed by atoms with E-state index in [1.54, 1.807) is 0 Å². The van der Waals surface area contributed by atoms with Crippen molar-refractivity contribution in [2.45, 2.75) is 38.1 Å². The molecular weight excluding hydrogens is 278 g/mol. The molecule has 22 heavy (non-hydrogen) atoms. The Kier molecular flexibility index (Phi) is 4.32. The standard InChI is InChI=1S/C17H19N3O2/c21-17(22)15(10-12-6-2-1-3-7-12)20-16-13-8-4-5-9-14(13)18-11-19-16/h1-3,6-7,11,15H,4-5,8-10H2,(H,21,22)(H,18,19,20). The molecule has 0 fully saturated rings. The van der Waals surface area contributed by atoms with Crippen LogP contribution in [0.1, 0.15) is 29.7 Å². The smallest absolute Gasteiger partial charge is 0.326 e. The first-order chi connectivity index (χ1) is 10.7. The molecule has 0 saturated carbocycles. The van der Waals surface area contributed by atoms with Gasteiger partial charge in [0, 0.05) is 17.7 Å². The number of carbonyl (C=O) groups is 1. The van der Waals surface area contributed by atoms with Gasteiger partial charge < -0.3 is 10.4 Å². The quantitative estimate of drug-likeness (QED) is 0.886. The van der Waals surface area contributed by atoms with Gasteiger partial charge in [-0.25, -0.2) is 14.8 Å². The van der Waals surface area contributed by atoms with Crippen molar-refractivity contribution in [2.75, 3.05) is 5.32 Å². The lowest BCUT2D eigenvalue weighted by molar-refractivity contribution is -0.137. The zero-order chi connectivity index (χ0) is 15.4. The first-order valence-electron chi connectivity index (χ1n) is 7.60. The van der Waals surface area contributed by atoms with Gasteiger partial charge in [-0.15, -0.1) is 0 Å². The first kappa shape index (κ1) is 14.5. The van der Waals surface area contributed by atoms with Gasteiger partial charge in [0.15, 0.2) is 0 Å². The second-order valence-corrected chi connectivity index (χ2v) is 5.58. The van der Waals surface area contributed by atoms with E-state index in [2.05, 4.69) is 15.3 Å². The normalized spacial score (nSPS) is 14.9. The largest absolute Gasteiger partial charge is 0.480 e. The van der Waals surface area contributed by atoms with Crippen LogP contribution in [0.15, 0.2) is 36.7 Å². The van der Waals surface area contributed by atoms with E-state index < -0.39 is 12.0 Å². The molecule has 1 atom stereocenters. The van der Waals surface area contributed by atoms with Gasteiger partial charge in [-0.3, -0.25) is 0 Å². The Balaban J connectivity index is 1.81. The van der Waals surface area contributed by atoms with E-state index in [4.69, 9.17) is 0 Å². The van der Waals surface area contributed by atoms with Crippen molar-refractivity contribution >= 4 is 11.8 Å². The summed E-state index contributed by atoms with van der Waals surface area (Å²) in [6.45, 7) is 0. The fraction of sp³-hybridized carbons (Fsp3) is 0.353. The summed E-state index contributed by atoms with van der Waals surface area (Å²) in [6.07, 6.45) is 6.04. The van der Waals surface area contributed by atoms with Crippen LogP contribution in [0.5, 0.6) is 0 Å². The second-order valence-electron chi connectivity index (χ2n) is 5.58. The summed E-state index contributed by atoms with van der Waals surface area (Å²) >= 11 is 0. The van der Waals surface area contributed by atoms with Crippen molar-refractivity contribution in [3.8, 4) is 0 Å². The minimum atomic E-state index is -0.868. The summed E-state index contributed by atoms with van der Waals surface area (Å²) in [7, 11) is 0. The zero-order valence-electron chi connectivity index (χ0n) is 12.3. The molecule has 0 bridgehead atoms. The number of hydrogen-bond acceptors (Lipinski definition) is 4. The van der Waals surface area contributed by atoms with Crippen LogP contribution in [0.4, 0.5) is 5.82 Å². The molecule has 3 rings (SSSR count). The minimum Gasteiger partial charge on any atom is -0.480 e. The van der Waals surface area contributed by atoms with Gasteiger partial charge in [0.1, 0.15) is 18.2 Å². The summed E-state index contributed by atoms with van der Waals surface area (Å²) in [5, 5.41) is 12.6. The minimum absolute atomic E-state index is 0.426. The number of nitrogens with zero attached hydrogens (tertiary/aromatic N) is 2. The first-order valence-corrected chi connectivity index (χ1v) is 7.60. The Bertz CT molecular complexity index is 658. The average Bonchev–Trinajstić information content (AvgIpc) is 2.55. The molecule has 0 spiro atoms. The van der Waals surface area contributed by atoms with Crippen molar-refractivity contribution in [3.05, 3.63) is 53.5 Å². The summed E-state index contributed by atoms with van der Waals surface area (Å²) in [4.78, 5) is 20.2. The molecule has 0 saturated heterocycles. The average molecular weight is 297 g/mol. The maximum Gasteiger partial charge on any atom is 0.326 e. The fourth-order valence-corrected chi connectivity index (χ4v) is 2.86. The van der Waals surface area contributed by atoms with Crippen molar-refractivity contribution < 1.29 is 9.90 Å². The lowest BCUT2D eigenvalue weighted by Crippen LogP contribution is -2.32. The van der Waals surface area contributed by atoms with Gasteiger partial charge >= 0.3 is 5.97 Å². The van der Waals surface area contributed by atoms with Crippen molar-refractivity contribution in [2.24, 2.45) is 0 Å². The van der Waals surface area contributed by atoms with Crippen molar-refractivity contribution in [1.29, 1.82) is 0 Å². The molecule has 1 aromatic heterocycles. The number of rotatable bonds is 5. The summed E-state index contributed by atoms with van der Waals surface area (Å²) in [5.41, 5.74) is 3.12. The Hall–Kier alpha value is -2.43. The highest BCUT2D eigenvalue weighted by molar-refractivity contribution is 5.77. The third kappa shape index (κ3) is 3.24. The second kappa shape index (κ2) is 6.56. The van der Waals surface area contributed by atoms with Gasteiger partial charge in [0.25, 0.3) is 0 Å². The monoisotopic (exact) mass is 297 g/mol. The molecule has 5 heteroatoms.